The minimum atomic E-state index is -1.14. The van der Waals surface area contributed by atoms with Crippen molar-refractivity contribution in [2.75, 3.05) is 12.0 Å². The molecule has 0 saturated heterocycles. The van der Waals surface area contributed by atoms with Crippen LogP contribution < -0.4 is 5.73 Å². The molecular formula is C7H9N5O3S. The lowest BCUT2D eigenvalue weighted by Gasteiger charge is -2.00. The molecule has 8 nitrogen and oxygen atoms in total. The summed E-state index contributed by atoms with van der Waals surface area (Å²) in [6.45, 7) is 0. The van der Waals surface area contributed by atoms with Crippen LogP contribution in [0.5, 0.6) is 0 Å². The molecule has 2 aromatic heterocycles. The monoisotopic (exact) mass is 243 g/mol. The average molecular weight is 243 g/mol. The molecule has 2 rings (SSSR count). The number of anilines is 1. The van der Waals surface area contributed by atoms with Gasteiger partial charge in [0.25, 0.3) is 5.78 Å². The maximum absolute atomic E-state index is 10.8. The van der Waals surface area contributed by atoms with Crippen molar-refractivity contribution < 1.29 is 15.4 Å². The summed E-state index contributed by atoms with van der Waals surface area (Å²) in [6.07, 6.45) is 2.98. The highest BCUT2D eigenvalue weighted by Crippen LogP contribution is 2.15. The average Bonchev–Trinajstić information content (AvgIpc) is 2.61. The third kappa shape index (κ3) is 1.77. The van der Waals surface area contributed by atoms with Crippen LogP contribution in [0.15, 0.2) is 11.4 Å². The molecule has 0 aliphatic heterocycles. The van der Waals surface area contributed by atoms with Crippen molar-refractivity contribution in [2.24, 2.45) is 0 Å². The van der Waals surface area contributed by atoms with E-state index in [4.69, 9.17) is 10.8 Å². The first kappa shape index (κ1) is 12.2. The summed E-state index contributed by atoms with van der Waals surface area (Å²) in [7, 11) is 0. The standard InChI is InChI=1S/C7H7N5O2S.H2O/c1-15-7-10-6-9-2-3(5(13)14)4(8)12(6)11-7;/h2H,8H2,1H3,(H,13,14);1H2. The maximum Gasteiger partial charge on any atom is 0.341 e. The van der Waals surface area contributed by atoms with Crippen LogP contribution in [0.1, 0.15) is 10.4 Å². The summed E-state index contributed by atoms with van der Waals surface area (Å²) >= 11 is 1.33. The lowest BCUT2D eigenvalue weighted by Crippen LogP contribution is -2.09. The lowest BCUT2D eigenvalue weighted by molar-refractivity contribution is 0.0697. The van der Waals surface area contributed by atoms with Crippen LogP contribution in [0.3, 0.4) is 0 Å². The molecule has 0 spiro atoms. The van der Waals surface area contributed by atoms with Gasteiger partial charge >= 0.3 is 5.97 Å². The Balaban J connectivity index is 0.00000128. The first-order valence-electron chi connectivity index (χ1n) is 3.92. The van der Waals surface area contributed by atoms with Crippen molar-refractivity contribution in [2.45, 2.75) is 5.16 Å². The number of rotatable bonds is 2. The van der Waals surface area contributed by atoms with E-state index in [1.54, 1.807) is 0 Å². The number of nitrogens with zero attached hydrogens (tertiary/aromatic N) is 4. The number of nitrogens with two attached hydrogens (primary N) is 1. The molecule has 0 radical (unpaired) electrons. The van der Waals surface area contributed by atoms with E-state index >= 15 is 0 Å². The van der Waals surface area contributed by atoms with Gasteiger partial charge in [0.05, 0.1) is 0 Å². The van der Waals surface area contributed by atoms with Gasteiger partial charge in [0.2, 0.25) is 5.16 Å². The number of fused-ring (bicyclic) bond motifs is 1. The Labute approximate surface area is 93.8 Å². The van der Waals surface area contributed by atoms with Crippen LogP contribution in [0.25, 0.3) is 5.78 Å². The second-order valence-corrected chi connectivity index (χ2v) is 3.45. The molecule has 9 heteroatoms. The topological polar surface area (TPSA) is 138 Å². The van der Waals surface area contributed by atoms with Crippen LogP contribution in [0.4, 0.5) is 5.82 Å². The number of aromatic nitrogens is 4. The fraction of sp³-hybridized carbons (Fsp3) is 0.143. The number of aromatic carboxylic acids is 1. The summed E-state index contributed by atoms with van der Waals surface area (Å²) in [5.74, 6) is -0.815. The Hall–Kier alpha value is -1.87. The number of carboxylic acids is 1. The van der Waals surface area contributed by atoms with Gasteiger partial charge in [0, 0.05) is 6.20 Å². The van der Waals surface area contributed by atoms with Gasteiger partial charge in [-0.25, -0.2) is 9.78 Å². The molecule has 86 valence electrons. The van der Waals surface area contributed by atoms with E-state index in [2.05, 4.69) is 15.1 Å². The lowest BCUT2D eigenvalue weighted by atomic mass is 10.3. The number of carboxylic acid groups (broad SMARTS) is 1. The molecule has 0 amide bonds. The third-order valence-corrected chi connectivity index (χ3v) is 2.33. The Morgan fingerprint density at radius 3 is 2.88 bits per heavy atom. The number of thioether (sulfide) groups is 1. The zero-order valence-corrected chi connectivity index (χ0v) is 9.02. The number of hydrogen-bond donors (Lipinski definition) is 2. The highest BCUT2D eigenvalue weighted by atomic mass is 32.2. The van der Waals surface area contributed by atoms with E-state index in [1.165, 1.54) is 22.5 Å². The summed E-state index contributed by atoms with van der Waals surface area (Å²) in [6, 6.07) is 0. The van der Waals surface area contributed by atoms with Crippen molar-refractivity contribution in [3.05, 3.63) is 11.8 Å². The summed E-state index contributed by atoms with van der Waals surface area (Å²) < 4.78 is 1.22. The minimum Gasteiger partial charge on any atom is -0.477 e. The van der Waals surface area contributed by atoms with Crippen LogP contribution in [-0.2, 0) is 0 Å². The summed E-state index contributed by atoms with van der Waals surface area (Å²) in [5, 5.41) is 13.3. The molecule has 2 aromatic rings. The molecule has 0 atom stereocenters. The third-order valence-electron chi connectivity index (χ3n) is 1.80. The normalized spacial score (nSPS) is 10.1. The van der Waals surface area contributed by atoms with E-state index < -0.39 is 5.97 Å². The van der Waals surface area contributed by atoms with E-state index in [9.17, 15) is 4.79 Å². The van der Waals surface area contributed by atoms with Crippen LogP contribution >= 0.6 is 11.8 Å². The summed E-state index contributed by atoms with van der Waals surface area (Å²) in [4.78, 5) is 18.6. The van der Waals surface area contributed by atoms with Gasteiger partial charge in [-0.2, -0.15) is 9.50 Å². The zero-order valence-electron chi connectivity index (χ0n) is 8.21. The second kappa shape index (κ2) is 4.33. The van der Waals surface area contributed by atoms with Crippen molar-refractivity contribution >= 4 is 29.3 Å². The van der Waals surface area contributed by atoms with Gasteiger partial charge in [0.1, 0.15) is 11.4 Å². The molecule has 0 aromatic carbocycles. The van der Waals surface area contributed by atoms with Crippen molar-refractivity contribution in [3.63, 3.8) is 0 Å². The molecule has 2 heterocycles. The predicted molar refractivity (Wildman–Crippen MR) is 57.5 cm³/mol. The van der Waals surface area contributed by atoms with Crippen LogP contribution in [0, 0.1) is 0 Å². The molecule has 0 unspecified atom stereocenters. The minimum absolute atomic E-state index is 0. The van der Waals surface area contributed by atoms with Gasteiger partial charge in [-0.15, -0.1) is 5.10 Å². The smallest absolute Gasteiger partial charge is 0.341 e. The maximum atomic E-state index is 10.8. The van der Waals surface area contributed by atoms with Crippen LogP contribution in [-0.4, -0.2) is 42.4 Å². The Morgan fingerprint density at radius 2 is 2.31 bits per heavy atom. The van der Waals surface area contributed by atoms with E-state index in [1.807, 2.05) is 6.26 Å². The van der Waals surface area contributed by atoms with E-state index in [0.29, 0.717) is 10.9 Å². The first-order chi connectivity index (χ1) is 7.13. The van der Waals surface area contributed by atoms with Gasteiger partial charge in [0.15, 0.2) is 0 Å². The molecule has 0 saturated carbocycles. The second-order valence-electron chi connectivity index (χ2n) is 2.67. The Morgan fingerprint density at radius 1 is 1.62 bits per heavy atom. The SMILES string of the molecule is CSc1nc2ncc(C(=O)O)c(N)n2n1.O. The fourth-order valence-electron chi connectivity index (χ4n) is 1.08. The molecule has 0 fully saturated rings. The molecule has 0 bridgehead atoms. The highest BCUT2D eigenvalue weighted by Gasteiger charge is 2.14. The fourth-order valence-corrected chi connectivity index (χ4v) is 1.42. The number of hydrogen-bond acceptors (Lipinski definition) is 6. The Bertz CT molecular complexity index is 540. The number of carbonyl (C=O) groups is 1. The van der Waals surface area contributed by atoms with Gasteiger partial charge in [-0.3, -0.25) is 0 Å². The van der Waals surface area contributed by atoms with Crippen LogP contribution in [0.2, 0.25) is 0 Å². The predicted octanol–water partition coefficient (Wildman–Crippen LogP) is -0.698. The molecular weight excluding hydrogens is 234 g/mol. The Kier molecular flexibility index (Phi) is 3.30. The largest absolute Gasteiger partial charge is 0.477 e. The van der Waals surface area contributed by atoms with E-state index in [0.717, 1.165) is 0 Å². The van der Waals surface area contributed by atoms with Gasteiger partial charge < -0.3 is 16.3 Å². The quantitative estimate of drug-likeness (QED) is 0.665. The van der Waals surface area contributed by atoms with Crippen molar-refractivity contribution in [1.82, 2.24) is 19.6 Å². The van der Waals surface area contributed by atoms with Crippen molar-refractivity contribution in [1.29, 1.82) is 0 Å². The molecule has 0 aliphatic carbocycles. The molecule has 5 N–H and O–H groups in total. The van der Waals surface area contributed by atoms with Gasteiger partial charge in [-0.1, -0.05) is 11.8 Å². The zero-order chi connectivity index (χ0) is 11.0. The van der Waals surface area contributed by atoms with E-state index in [-0.39, 0.29) is 16.9 Å². The molecule has 0 aliphatic rings. The molecule has 16 heavy (non-hydrogen) atoms. The van der Waals surface area contributed by atoms with Gasteiger partial charge in [-0.05, 0) is 6.26 Å². The summed E-state index contributed by atoms with van der Waals surface area (Å²) in [5.41, 5.74) is 5.54. The van der Waals surface area contributed by atoms with Crippen molar-refractivity contribution in [3.8, 4) is 0 Å². The first-order valence-corrected chi connectivity index (χ1v) is 5.14. The number of nitrogen functional groups attached to an aromatic ring is 1. The highest BCUT2D eigenvalue weighted by molar-refractivity contribution is 7.98.